The second kappa shape index (κ2) is 4.54. The molecule has 0 aliphatic rings. The topological polar surface area (TPSA) is 54.4 Å². The first kappa shape index (κ1) is 11.2. The Balaban J connectivity index is 3.07. The largest absolute Gasteiger partial charge is 0.481 e. The lowest BCUT2D eigenvalue weighted by molar-refractivity contribution is -0.136. The fourth-order valence-corrected chi connectivity index (χ4v) is 1.87. The van der Waals surface area contributed by atoms with E-state index < -0.39 is 5.97 Å². The maximum atomic E-state index is 11.1. The van der Waals surface area contributed by atoms with E-state index in [0.29, 0.717) is 11.1 Å². The predicted octanol–water partition coefficient (Wildman–Crippen LogP) is 2.12. The minimum atomic E-state index is -0.887. The molecule has 14 heavy (non-hydrogen) atoms. The highest BCUT2D eigenvalue weighted by Gasteiger charge is 2.06. The third kappa shape index (κ3) is 3.10. The molecule has 0 saturated heterocycles. The molecule has 0 atom stereocenters. The molecule has 0 radical (unpaired) electrons. The molecule has 74 valence electrons. The monoisotopic (exact) mass is 304 g/mol. The molecular weight excluding hydrogens is 295 g/mol. The van der Waals surface area contributed by atoms with Gasteiger partial charge in [-0.05, 0) is 53.3 Å². The van der Waals surface area contributed by atoms with Gasteiger partial charge in [0.15, 0.2) is 5.78 Å². The number of hydrogen-bond acceptors (Lipinski definition) is 2. The van der Waals surface area contributed by atoms with Crippen LogP contribution in [0, 0.1) is 3.57 Å². The van der Waals surface area contributed by atoms with Gasteiger partial charge in [-0.25, -0.2) is 0 Å². The van der Waals surface area contributed by atoms with Gasteiger partial charge >= 0.3 is 5.97 Å². The first-order valence-corrected chi connectivity index (χ1v) is 5.09. The van der Waals surface area contributed by atoms with E-state index in [1.54, 1.807) is 18.2 Å². The van der Waals surface area contributed by atoms with Crippen molar-refractivity contribution in [1.82, 2.24) is 0 Å². The lowest BCUT2D eigenvalue weighted by Gasteiger charge is -2.02. The van der Waals surface area contributed by atoms with Crippen molar-refractivity contribution in [2.75, 3.05) is 0 Å². The molecule has 1 aromatic carbocycles. The summed E-state index contributed by atoms with van der Waals surface area (Å²) in [6.07, 6.45) is -0.0445. The molecule has 1 aromatic rings. The SMILES string of the molecule is CC(=O)c1cc(I)cc(CC(=O)O)c1. The maximum absolute atomic E-state index is 11.1. The smallest absolute Gasteiger partial charge is 0.307 e. The van der Waals surface area contributed by atoms with Crippen LogP contribution in [0.5, 0.6) is 0 Å². The first-order valence-electron chi connectivity index (χ1n) is 4.01. The standard InChI is InChI=1S/C10H9IO3/c1-6(12)8-2-7(4-10(13)14)3-9(11)5-8/h2-3,5H,4H2,1H3,(H,13,14). The quantitative estimate of drug-likeness (QED) is 0.687. The van der Waals surface area contributed by atoms with E-state index in [4.69, 9.17) is 5.11 Å². The van der Waals surface area contributed by atoms with E-state index >= 15 is 0 Å². The van der Waals surface area contributed by atoms with Crippen molar-refractivity contribution in [2.45, 2.75) is 13.3 Å². The maximum Gasteiger partial charge on any atom is 0.307 e. The van der Waals surface area contributed by atoms with Crippen LogP contribution in [0.1, 0.15) is 22.8 Å². The molecule has 0 unspecified atom stereocenters. The van der Waals surface area contributed by atoms with E-state index in [-0.39, 0.29) is 12.2 Å². The van der Waals surface area contributed by atoms with Gasteiger partial charge in [-0.15, -0.1) is 0 Å². The van der Waals surface area contributed by atoms with Gasteiger partial charge in [-0.2, -0.15) is 0 Å². The second-order valence-corrected chi connectivity index (χ2v) is 4.22. The van der Waals surface area contributed by atoms with Gasteiger partial charge in [0.25, 0.3) is 0 Å². The number of carbonyl (C=O) groups excluding carboxylic acids is 1. The van der Waals surface area contributed by atoms with Gasteiger partial charge in [0.1, 0.15) is 0 Å². The number of hydrogen-bond donors (Lipinski definition) is 1. The van der Waals surface area contributed by atoms with Gasteiger partial charge in [0.2, 0.25) is 0 Å². The molecule has 0 heterocycles. The molecule has 0 bridgehead atoms. The summed E-state index contributed by atoms with van der Waals surface area (Å²) < 4.78 is 0.881. The van der Waals surface area contributed by atoms with E-state index in [1.807, 2.05) is 0 Å². The summed E-state index contributed by atoms with van der Waals surface area (Å²) in [7, 11) is 0. The number of carboxylic acids is 1. The van der Waals surface area contributed by atoms with Gasteiger partial charge < -0.3 is 5.11 Å². The average molecular weight is 304 g/mol. The fraction of sp³-hybridized carbons (Fsp3) is 0.200. The van der Waals surface area contributed by atoms with Crippen LogP contribution in [0.25, 0.3) is 0 Å². The number of halogens is 1. The van der Waals surface area contributed by atoms with E-state index in [0.717, 1.165) is 3.57 Å². The molecule has 0 aromatic heterocycles. The number of ketones is 1. The van der Waals surface area contributed by atoms with Gasteiger partial charge in [-0.3, -0.25) is 9.59 Å². The third-order valence-corrected chi connectivity index (χ3v) is 2.34. The molecule has 0 saturated carbocycles. The summed E-state index contributed by atoms with van der Waals surface area (Å²) in [6.45, 7) is 1.47. The molecule has 0 aliphatic heterocycles. The highest BCUT2D eigenvalue weighted by atomic mass is 127. The number of carbonyl (C=O) groups is 2. The molecule has 0 aliphatic carbocycles. The highest BCUT2D eigenvalue weighted by Crippen LogP contribution is 2.13. The molecule has 0 amide bonds. The van der Waals surface area contributed by atoms with Crippen LogP contribution < -0.4 is 0 Å². The van der Waals surface area contributed by atoms with Crippen molar-refractivity contribution < 1.29 is 14.7 Å². The van der Waals surface area contributed by atoms with Crippen molar-refractivity contribution in [2.24, 2.45) is 0 Å². The number of carboxylic acid groups (broad SMARTS) is 1. The van der Waals surface area contributed by atoms with Crippen molar-refractivity contribution in [3.05, 3.63) is 32.9 Å². The minimum absolute atomic E-state index is 0.0445. The number of Topliss-reactive ketones (excluding diaryl/α,β-unsaturated/α-hetero) is 1. The Morgan fingerprint density at radius 3 is 2.50 bits per heavy atom. The normalized spacial score (nSPS) is 9.86. The van der Waals surface area contributed by atoms with Crippen LogP contribution in [0.4, 0.5) is 0 Å². The molecular formula is C10H9IO3. The zero-order valence-corrected chi connectivity index (χ0v) is 9.74. The van der Waals surface area contributed by atoms with Gasteiger partial charge in [-0.1, -0.05) is 0 Å². The predicted molar refractivity (Wildman–Crippen MR) is 60.5 cm³/mol. The zero-order valence-electron chi connectivity index (χ0n) is 7.58. The van der Waals surface area contributed by atoms with Crippen LogP contribution in [-0.2, 0) is 11.2 Å². The Hall–Kier alpha value is -0.910. The molecule has 0 fully saturated rings. The summed E-state index contributed by atoms with van der Waals surface area (Å²) in [5.74, 6) is -0.934. The summed E-state index contributed by atoms with van der Waals surface area (Å²) in [4.78, 5) is 21.6. The van der Waals surface area contributed by atoms with Crippen molar-refractivity contribution in [1.29, 1.82) is 0 Å². The van der Waals surface area contributed by atoms with Crippen molar-refractivity contribution >= 4 is 34.3 Å². The zero-order chi connectivity index (χ0) is 10.7. The fourth-order valence-electron chi connectivity index (χ4n) is 1.13. The van der Waals surface area contributed by atoms with Crippen molar-refractivity contribution in [3.8, 4) is 0 Å². The number of aliphatic carboxylic acids is 1. The summed E-state index contributed by atoms with van der Waals surface area (Å²) in [5.41, 5.74) is 1.22. The Bertz CT molecular complexity index is 385. The summed E-state index contributed by atoms with van der Waals surface area (Å²) >= 11 is 2.07. The van der Waals surface area contributed by atoms with Crippen LogP contribution >= 0.6 is 22.6 Å². The molecule has 0 spiro atoms. The third-order valence-electron chi connectivity index (χ3n) is 1.72. The first-order chi connectivity index (χ1) is 6.49. The van der Waals surface area contributed by atoms with Crippen LogP contribution in [0.2, 0.25) is 0 Å². The van der Waals surface area contributed by atoms with E-state index in [1.165, 1.54) is 6.92 Å². The Morgan fingerprint density at radius 2 is 2.00 bits per heavy atom. The average Bonchev–Trinajstić information content (AvgIpc) is 2.01. The van der Waals surface area contributed by atoms with E-state index in [9.17, 15) is 9.59 Å². The van der Waals surface area contributed by atoms with Crippen molar-refractivity contribution in [3.63, 3.8) is 0 Å². The minimum Gasteiger partial charge on any atom is -0.481 e. The van der Waals surface area contributed by atoms with Gasteiger partial charge in [0, 0.05) is 9.13 Å². The molecule has 4 heteroatoms. The molecule has 1 N–H and O–H groups in total. The van der Waals surface area contributed by atoms with Crippen LogP contribution in [0.3, 0.4) is 0 Å². The second-order valence-electron chi connectivity index (χ2n) is 2.97. The number of benzene rings is 1. The Kier molecular flexibility index (Phi) is 3.62. The van der Waals surface area contributed by atoms with E-state index in [2.05, 4.69) is 22.6 Å². The molecule has 3 nitrogen and oxygen atoms in total. The molecule has 1 rings (SSSR count). The lowest BCUT2D eigenvalue weighted by atomic mass is 10.1. The number of rotatable bonds is 3. The Labute approximate surface area is 95.3 Å². The van der Waals surface area contributed by atoms with Gasteiger partial charge in [0.05, 0.1) is 6.42 Å². The highest BCUT2D eigenvalue weighted by molar-refractivity contribution is 14.1. The summed E-state index contributed by atoms with van der Waals surface area (Å²) in [6, 6.07) is 5.13. The Morgan fingerprint density at radius 1 is 1.36 bits per heavy atom. The summed E-state index contributed by atoms with van der Waals surface area (Å²) in [5, 5.41) is 8.60. The van der Waals surface area contributed by atoms with Crippen LogP contribution in [-0.4, -0.2) is 16.9 Å². The van der Waals surface area contributed by atoms with Crippen LogP contribution in [0.15, 0.2) is 18.2 Å². The lowest BCUT2D eigenvalue weighted by Crippen LogP contribution is -2.02.